The summed E-state index contributed by atoms with van der Waals surface area (Å²) in [6.07, 6.45) is -3.30. The van der Waals surface area contributed by atoms with Crippen LogP contribution in [0.25, 0.3) is 0 Å². The van der Waals surface area contributed by atoms with E-state index in [-0.39, 0.29) is 18.2 Å². The molecule has 0 amide bonds. The maximum absolute atomic E-state index is 12.5. The molecule has 0 aliphatic carbocycles. The lowest BCUT2D eigenvalue weighted by molar-refractivity contribution is -0.144. The van der Waals surface area contributed by atoms with Crippen LogP contribution in [-0.2, 0) is 12.7 Å². The molecule has 0 radical (unpaired) electrons. The molecule has 2 aromatic heterocycles. The number of nitrogens with one attached hydrogen (secondary N) is 2. The molecule has 0 aromatic carbocycles. The minimum absolute atomic E-state index is 0.0294. The van der Waals surface area contributed by atoms with Crippen LogP contribution in [-0.4, -0.2) is 15.1 Å². The second-order valence-corrected chi connectivity index (χ2v) is 3.45. The molecule has 2 rings (SSSR count). The first kappa shape index (κ1) is 13.1. The Balaban J connectivity index is 2.19. The van der Waals surface area contributed by atoms with E-state index in [1.54, 1.807) is 6.07 Å². The summed E-state index contributed by atoms with van der Waals surface area (Å²) in [5.41, 5.74) is 2.57. The number of rotatable bonds is 4. The minimum atomic E-state index is -4.66. The fourth-order valence-corrected chi connectivity index (χ4v) is 1.25. The van der Waals surface area contributed by atoms with Gasteiger partial charge in [0.2, 0.25) is 5.82 Å². The van der Waals surface area contributed by atoms with E-state index >= 15 is 0 Å². The maximum atomic E-state index is 12.5. The van der Waals surface area contributed by atoms with Gasteiger partial charge in [0, 0.05) is 12.1 Å². The van der Waals surface area contributed by atoms with Crippen molar-refractivity contribution >= 4 is 11.6 Å². The Morgan fingerprint density at radius 1 is 1.26 bits per heavy atom. The lowest BCUT2D eigenvalue weighted by Crippen LogP contribution is -2.17. The van der Waals surface area contributed by atoms with Crippen molar-refractivity contribution in [1.29, 1.82) is 0 Å². The second-order valence-electron chi connectivity index (χ2n) is 3.45. The van der Waals surface area contributed by atoms with Crippen LogP contribution in [0.4, 0.5) is 24.8 Å². The van der Waals surface area contributed by atoms with Gasteiger partial charge < -0.3 is 15.3 Å². The summed E-state index contributed by atoms with van der Waals surface area (Å²) in [6.45, 7) is 0.162. The predicted molar refractivity (Wildman–Crippen MR) is 58.7 cm³/mol. The molecule has 0 aliphatic rings. The van der Waals surface area contributed by atoms with Gasteiger partial charge in [-0.1, -0.05) is 5.16 Å². The van der Waals surface area contributed by atoms with Crippen molar-refractivity contribution < 1.29 is 17.7 Å². The third-order valence-electron chi connectivity index (χ3n) is 2.07. The number of hydrogen-bond donors (Lipinski definition) is 3. The molecule has 19 heavy (non-hydrogen) atoms. The van der Waals surface area contributed by atoms with Crippen LogP contribution in [0, 0.1) is 0 Å². The van der Waals surface area contributed by atoms with Crippen LogP contribution in [0.5, 0.6) is 0 Å². The summed E-state index contributed by atoms with van der Waals surface area (Å²) >= 11 is 0. The first-order chi connectivity index (χ1) is 8.99. The molecule has 0 spiro atoms. The van der Waals surface area contributed by atoms with Gasteiger partial charge in [0.25, 0.3) is 0 Å². The first-order valence-corrected chi connectivity index (χ1v) is 5.05. The molecule has 2 heterocycles. The third kappa shape index (κ3) is 3.31. The van der Waals surface area contributed by atoms with Crippen molar-refractivity contribution in [2.24, 2.45) is 5.84 Å². The van der Waals surface area contributed by atoms with Gasteiger partial charge in [-0.05, 0) is 0 Å². The van der Waals surface area contributed by atoms with E-state index in [4.69, 9.17) is 5.84 Å². The predicted octanol–water partition coefficient (Wildman–Crippen LogP) is 1.38. The average molecular weight is 274 g/mol. The highest BCUT2D eigenvalue weighted by Gasteiger charge is 2.35. The highest BCUT2D eigenvalue weighted by atomic mass is 19.4. The Morgan fingerprint density at radius 2 is 2.00 bits per heavy atom. The van der Waals surface area contributed by atoms with Crippen molar-refractivity contribution in [3.63, 3.8) is 0 Å². The fraction of sp³-hybridized carbons (Fsp3) is 0.222. The van der Waals surface area contributed by atoms with Crippen LogP contribution in [0.3, 0.4) is 0 Å². The normalized spacial score (nSPS) is 11.4. The molecule has 0 unspecified atom stereocenters. The average Bonchev–Trinajstić information content (AvgIpc) is 2.88. The largest absolute Gasteiger partial charge is 0.451 e. The van der Waals surface area contributed by atoms with Gasteiger partial charge in [-0.15, -0.1) is 0 Å². The standard InChI is InChI=1S/C9H9F3N6O/c10-9(11,12)8-15-6(3-7(16-8)17-13)14-4-5-1-2-19-18-5/h1-3H,4,13H2,(H2,14,15,16,17). The number of hydrogen-bond acceptors (Lipinski definition) is 7. The van der Waals surface area contributed by atoms with Crippen molar-refractivity contribution in [2.75, 3.05) is 10.7 Å². The molecule has 0 saturated heterocycles. The van der Waals surface area contributed by atoms with E-state index < -0.39 is 12.0 Å². The summed E-state index contributed by atoms with van der Waals surface area (Å²) < 4.78 is 42.2. The van der Waals surface area contributed by atoms with Crippen molar-refractivity contribution in [3.8, 4) is 0 Å². The SMILES string of the molecule is NNc1cc(NCc2ccon2)nc(C(F)(F)F)n1. The van der Waals surface area contributed by atoms with Gasteiger partial charge in [0.1, 0.15) is 23.6 Å². The zero-order valence-electron chi connectivity index (χ0n) is 9.40. The zero-order valence-corrected chi connectivity index (χ0v) is 9.40. The van der Waals surface area contributed by atoms with Gasteiger partial charge in [0.15, 0.2) is 0 Å². The molecule has 0 saturated carbocycles. The smallest absolute Gasteiger partial charge is 0.364 e. The summed E-state index contributed by atoms with van der Waals surface area (Å²) in [5, 5.41) is 6.27. The number of halogens is 3. The highest BCUT2D eigenvalue weighted by Crippen LogP contribution is 2.28. The van der Waals surface area contributed by atoms with Crippen LogP contribution in [0.2, 0.25) is 0 Å². The molecule has 0 atom stereocenters. The van der Waals surface area contributed by atoms with Gasteiger partial charge in [-0.3, -0.25) is 0 Å². The second kappa shape index (κ2) is 5.10. The number of alkyl halides is 3. The van der Waals surface area contributed by atoms with Crippen LogP contribution < -0.4 is 16.6 Å². The Bertz CT molecular complexity index is 541. The number of nitrogens with two attached hydrogens (primary N) is 1. The van der Waals surface area contributed by atoms with Gasteiger partial charge >= 0.3 is 6.18 Å². The van der Waals surface area contributed by atoms with Gasteiger partial charge in [-0.2, -0.15) is 13.2 Å². The summed E-state index contributed by atoms with van der Waals surface area (Å²) in [6, 6.07) is 2.82. The molecule has 0 aliphatic heterocycles. The summed E-state index contributed by atoms with van der Waals surface area (Å²) in [7, 11) is 0. The third-order valence-corrected chi connectivity index (χ3v) is 2.07. The molecule has 0 fully saturated rings. The fourth-order valence-electron chi connectivity index (χ4n) is 1.25. The Hall–Kier alpha value is -2.36. The molecule has 2 aromatic rings. The highest BCUT2D eigenvalue weighted by molar-refractivity contribution is 5.47. The van der Waals surface area contributed by atoms with E-state index in [1.165, 1.54) is 12.3 Å². The van der Waals surface area contributed by atoms with E-state index in [1.807, 2.05) is 5.43 Å². The molecule has 7 nitrogen and oxygen atoms in total. The first-order valence-electron chi connectivity index (χ1n) is 5.05. The van der Waals surface area contributed by atoms with E-state index in [9.17, 15) is 13.2 Å². The zero-order chi connectivity index (χ0) is 13.9. The maximum Gasteiger partial charge on any atom is 0.451 e. The quantitative estimate of drug-likeness (QED) is 0.571. The van der Waals surface area contributed by atoms with E-state index in [0.717, 1.165) is 0 Å². The molecule has 4 N–H and O–H groups in total. The van der Waals surface area contributed by atoms with E-state index in [2.05, 4.69) is 25.0 Å². The Labute approximate surface area is 105 Å². The molecule has 10 heteroatoms. The lowest BCUT2D eigenvalue weighted by Gasteiger charge is -2.10. The van der Waals surface area contributed by atoms with Gasteiger partial charge in [-0.25, -0.2) is 15.8 Å². The lowest BCUT2D eigenvalue weighted by atomic mass is 10.4. The van der Waals surface area contributed by atoms with Crippen LogP contribution in [0.1, 0.15) is 11.5 Å². The Kier molecular flexibility index (Phi) is 3.51. The van der Waals surface area contributed by atoms with Crippen LogP contribution >= 0.6 is 0 Å². The summed E-state index contributed by atoms with van der Waals surface area (Å²) in [5.74, 6) is 3.59. The number of hydrazine groups is 1. The minimum Gasteiger partial charge on any atom is -0.364 e. The van der Waals surface area contributed by atoms with Crippen LogP contribution in [0.15, 0.2) is 22.9 Å². The molecular formula is C9H9F3N6O. The number of anilines is 2. The number of aromatic nitrogens is 3. The topological polar surface area (TPSA) is 102 Å². The summed E-state index contributed by atoms with van der Waals surface area (Å²) in [4.78, 5) is 6.57. The molecular weight excluding hydrogens is 265 g/mol. The molecule has 0 bridgehead atoms. The number of nitrogen functional groups attached to an aromatic ring is 1. The van der Waals surface area contributed by atoms with E-state index in [0.29, 0.717) is 5.69 Å². The van der Waals surface area contributed by atoms with Crippen molar-refractivity contribution in [1.82, 2.24) is 15.1 Å². The Morgan fingerprint density at radius 3 is 2.58 bits per heavy atom. The van der Waals surface area contributed by atoms with Crippen molar-refractivity contribution in [3.05, 3.63) is 29.9 Å². The van der Waals surface area contributed by atoms with Gasteiger partial charge in [0.05, 0.1) is 6.54 Å². The van der Waals surface area contributed by atoms with Crippen molar-refractivity contribution in [2.45, 2.75) is 12.7 Å². The number of nitrogens with zero attached hydrogens (tertiary/aromatic N) is 3. The monoisotopic (exact) mass is 274 g/mol. The molecule has 102 valence electrons.